The summed E-state index contributed by atoms with van der Waals surface area (Å²) in [5.41, 5.74) is 1.63. The third-order valence-electron chi connectivity index (χ3n) is 5.04. The SMILES string of the molecule is CCOC(=O)c1sc(CC(=O)/C(C#N)=C/c2ccc(-c3ccc(C(=O)OC)cc3)o2)c(C#N)c1C. The number of thiophene rings is 1. The Hall–Kier alpha value is -4.47. The second-order valence-electron chi connectivity index (χ2n) is 7.23. The molecule has 0 unspecified atom stereocenters. The number of ether oxygens (including phenoxy) is 2. The molecule has 0 aliphatic heterocycles. The normalized spacial score (nSPS) is 10.8. The molecule has 0 fully saturated rings. The number of carbonyl (C=O) groups is 3. The Kier molecular flexibility index (Phi) is 7.98. The van der Waals surface area contributed by atoms with Crippen LogP contribution in [0.3, 0.4) is 0 Å². The molecule has 1 aromatic carbocycles. The van der Waals surface area contributed by atoms with Gasteiger partial charge in [-0.15, -0.1) is 11.3 Å². The van der Waals surface area contributed by atoms with Gasteiger partial charge in [0, 0.05) is 22.9 Å². The van der Waals surface area contributed by atoms with Crippen molar-refractivity contribution in [2.45, 2.75) is 20.3 Å². The molecule has 0 saturated carbocycles. The number of nitrogens with zero attached hydrogens (tertiary/aromatic N) is 2. The molecular formula is C26H20N2O6S. The first kappa shape index (κ1) is 25.2. The van der Waals surface area contributed by atoms with Crippen molar-refractivity contribution in [1.82, 2.24) is 0 Å². The molecule has 0 saturated heterocycles. The Bertz CT molecular complexity index is 1400. The van der Waals surface area contributed by atoms with Crippen molar-refractivity contribution < 1.29 is 28.3 Å². The Morgan fingerprint density at radius 3 is 2.40 bits per heavy atom. The van der Waals surface area contributed by atoms with E-state index in [1.807, 2.05) is 12.1 Å². The molecule has 0 atom stereocenters. The molecule has 3 rings (SSSR count). The smallest absolute Gasteiger partial charge is 0.348 e. The minimum atomic E-state index is -0.552. The van der Waals surface area contributed by atoms with Gasteiger partial charge < -0.3 is 13.9 Å². The van der Waals surface area contributed by atoms with E-state index in [1.54, 1.807) is 50.2 Å². The largest absolute Gasteiger partial charge is 0.465 e. The number of Topliss-reactive ketones (excluding diaryl/α,β-unsaturated/α-hetero) is 1. The van der Waals surface area contributed by atoms with Crippen LogP contribution in [-0.4, -0.2) is 31.4 Å². The van der Waals surface area contributed by atoms with E-state index in [-0.39, 0.29) is 34.8 Å². The first-order valence-corrected chi connectivity index (χ1v) is 11.3. The van der Waals surface area contributed by atoms with Gasteiger partial charge >= 0.3 is 11.9 Å². The molecule has 8 nitrogen and oxygen atoms in total. The zero-order chi connectivity index (χ0) is 25.5. The van der Waals surface area contributed by atoms with Gasteiger partial charge in [0.1, 0.15) is 28.5 Å². The van der Waals surface area contributed by atoms with Gasteiger partial charge in [0.25, 0.3) is 0 Å². The minimum absolute atomic E-state index is 0.153. The van der Waals surface area contributed by atoms with Gasteiger partial charge in [-0.3, -0.25) is 4.79 Å². The van der Waals surface area contributed by atoms with E-state index < -0.39 is 17.7 Å². The van der Waals surface area contributed by atoms with Crippen molar-refractivity contribution in [2.75, 3.05) is 13.7 Å². The molecule has 176 valence electrons. The van der Waals surface area contributed by atoms with Gasteiger partial charge in [-0.05, 0) is 43.7 Å². The summed E-state index contributed by atoms with van der Waals surface area (Å²) in [5.74, 6) is -0.745. The fraction of sp³-hybridized carbons (Fsp3) is 0.192. The second kappa shape index (κ2) is 11.1. The zero-order valence-corrected chi connectivity index (χ0v) is 20.0. The van der Waals surface area contributed by atoms with Crippen LogP contribution in [0.15, 0.2) is 46.4 Å². The molecule has 2 aromatic heterocycles. The van der Waals surface area contributed by atoms with Gasteiger partial charge in [0.05, 0.1) is 30.4 Å². The Morgan fingerprint density at radius 1 is 1.09 bits per heavy atom. The highest BCUT2D eigenvalue weighted by Gasteiger charge is 2.23. The van der Waals surface area contributed by atoms with Crippen molar-refractivity contribution in [3.05, 3.63) is 74.2 Å². The van der Waals surface area contributed by atoms with Crippen molar-refractivity contribution in [2.24, 2.45) is 0 Å². The lowest BCUT2D eigenvalue weighted by Crippen LogP contribution is -2.05. The Balaban J connectivity index is 1.82. The van der Waals surface area contributed by atoms with Gasteiger partial charge in [0.15, 0.2) is 5.78 Å². The summed E-state index contributed by atoms with van der Waals surface area (Å²) < 4.78 is 15.4. The van der Waals surface area contributed by atoms with Crippen molar-refractivity contribution >= 4 is 35.1 Å². The van der Waals surface area contributed by atoms with Crippen LogP contribution in [0.1, 0.15) is 48.7 Å². The van der Waals surface area contributed by atoms with Crippen LogP contribution >= 0.6 is 11.3 Å². The number of hydrogen-bond acceptors (Lipinski definition) is 9. The highest BCUT2D eigenvalue weighted by atomic mass is 32.1. The van der Waals surface area contributed by atoms with Gasteiger partial charge in [0.2, 0.25) is 0 Å². The predicted molar refractivity (Wildman–Crippen MR) is 128 cm³/mol. The van der Waals surface area contributed by atoms with Crippen molar-refractivity contribution in [1.29, 1.82) is 10.5 Å². The molecule has 0 bridgehead atoms. The highest BCUT2D eigenvalue weighted by molar-refractivity contribution is 7.14. The third kappa shape index (κ3) is 5.55. The molecule has 0 N–H and O–H groups in total. The average molecular weight is 489 g/mol. The second-order valence-corrected chi connectivity index (χ2v) is 8.33. The predicted octanol–water partition coefficient (Wildman–Crippen LogP) is 4.87. The van der Waals surface area contributed by atoms with E-state index in [0.29, 0.717) is 27.3 Å². The van der Waals surface area contributed by atoms with Crippen LogP contribution in [0.4, 0.5) is 0 Å². The van der Waals surface area contributed by atoms with Gasteiger partial charge in [-0.25, -0.2) is 9.59 Å². The number of carbonyl (C=O) groups excluding carboxylic acids is 3. The van der Waals surface area contributed by atoms with Crippen LogP contribution in [0.2, 0.25) is 0 Å². The molecule has 0 aliphatic carbocycles. The zero-order valence-electron chi connectivity index (χ0n) is 19.2. The van der Waals surface area contributed by atoms with Crippen LogP contribution in [0.5, 0.6) is 0 Å². The lowest BCUT2D eigenvalue weighted by molar-refractivity contribution is -0.114. The van der Waals surface area contributed by atoms with E-state index >= 15 is 0 Å². The lowest BCUT2D eigenvalue weighted by Gasteiger charge is -2.01. The number of hydrogen-bond donors (Lipinski definition) is 0. The molecule has 35 heavy (non-hydrogen) atoms. The molecule has 2 heterocycles. The summed E-state index contributed by atoms with van der Waals surface area (Å²) in [5, 5.41) is 19.1. The summed E-state index contributed by atoms with van der Waals surface area (Å²) in [6.07, 6.45) is 1.11. The number of benzene rings is 1. The molecule has 0 aliphatic rings. The maximum atomic E-state index is 12.8. The molecule has 0 radical (unpaired) electrons. The fourth-order valence-electron chi connectivity index (χ4n) is 3.27. The number of esters is 2. The first-order chi connectivity index (χ1) is 16.8. The number of allylic oxidation sites excluding steroid dienone is 1. The van der Waals surface area contributed by atoms with Crippen LogP contribution < -0.4 is 0 Å². The van der Waals surface area contributed by atoms with Crippen LogP contribution in [-0.2, 0) is 20.7 Å². The molecular weight excluding hydrogens is 468 g/mol. The Labute approximate surface area is 205 Å². The summed E-state index contributed by atoms with van der Waals surface area (Å²) in [4.78, 5) is 37.2. The number of furan rings is 1. The van der Waals surface area contributed by atoms with E-state index in [1.165, 1.54) is 13.2 Å². The molecule has 0 amide bonds. The summed E-state index contributed by atoms with van der Waals surface area (Å²) in [6.45, 7) is 3.49. The number of methoxy groups -OCH3 is 1. The number of ketones is 1. The maximum absolute atomic E-state index is 12.8. The van der Waals surface area contributed by atoms with Crippen molar-refractivity contribution in [3.63, 3.8) is 0 Å². The highest BCUT2D eigenvalue weighted by Crippen LogP contribution is 2.30. The van der Waals surface area contributed by atoms with Crippen LogP contribution in [0.25, 0.3) is 17.4 Å². The molecule has 3 aromatic rings. The summed E-state index contributed by atoms with van der Waals surface area (Å²) >= 11 is 1.02. The first-order valence-electron chi connectivity index (χ1n) is 10.5. The van der Waals surface area contributed by atoms with E-state index in [4.69, 9.17) is 9.15 Å². The standard InChI is InChI=1S/C26H20N2O6S/c1-4-33-26(31)24-15(2)20(14-28)23(35-24)12-21(29)18(13-27)11-19-9-10-22(34-19)16-5-7-17(8-6-16)25(30)32-3/h5-11H,4,12H2,1-3H3/b18-11+. The minimum Gasteiger partial charge on any atom is -0.465 e. The fourth-order valence-corrected chi connectivity index (χ4v) is 4.42. The number of nitriles is 2. The maximum Gasteiger partial charge on any atom is 0.348 e. The molecule has 0 spiro atoms. The summed E-state index contributed by atoms with van der Waals surface area (Å²) in [6, 6.07) is 13.8. The van der Waals surface area contributed by atoms with E-state index in [0.717, 1.165) is 11.3 Å². The van der Waals surface area contributed by atoms with Crippen molar-refractivity contribution in [3.8, 4) is 23.5 Å². The average Bonchev–Trinajstić information content (AvgIpc) is 3.46. The van der Waals surface area contributed by atoms with E-state index in [2.05, 4.69) is 4.74 Å². The number of rotatable bonds is 8. The van der Waals surface area contributed by atoms with Gasteiger partial charge in [-0.2, -0.15) is 10.5 Å². The topological polar surface area (TPSA) is 130 Å². The monoisotopic (exact) mass is 488 g/mol. The summed E-state index contributed by atoms with van der Waals surface area (Å²) in [7, 11) is 1.30. The van der Waals surface area contributed by atoms with Crippen LogP contribution in [0, 0.1) is 29.6 Å². The lowest BCUT2D eigenvalue weighted by atomic mass is 10.0. The third-order valence-corrected chi connectivity index (χ3v) is 6.31. The molecule has 9 heteroatoms. The van der Waals surface area contributed by atoms with Gasteiger partial charge in [-0.1, -0.05) is 12.1 Å². The quantitative estimate of drug-likeness (QED) is 0.249. The van der Waals surface area contributed by atoms with E-state index in [9.17, 15) is 24.9 Å². The Morgan fingerprint density at radius 2 is 1.80 bits per heavy atom.